The molecule has 24 heavy (non-hydrogen) atoms. The molecule has 4 rings (SSSR count). The second kappa shape index (κ2) is 6.13. The van der Waals surface area contributed by atoms with E-state index in [0.29, 0.717) is 0 Å². The molecule has 3 nitrogen and oxygen atoms in total. The molecule has 116 valence electrons. The number of nitrogens with zero attached hydrogens (tertiary/aromatic N) is 3. The second-order valence-corrected chi connectivity index (χ2v) is 5.67. The van der Waals surface area contributed by atoms with Gasteiger partial charge in [-0.3, -0.25) is 0 Å². The Kier molecular flexibility index (Phi) is 3.67. The van der Waals surface area contributed by atoms with E-state index in [-0.39, 0.29) is 0 Å². The summed E-state index contributed by atoms with van der Waals surface area (Å²) < 4.78 is 2.17. The largest absolute Gasteiger partial charge is 0.318 e. The Morgan fingerprint density at radius 3 is 2.12 bits per heavy atom. The zero-order valence-electron chi connectivity index (χ0n) is 13.4. The van der Waals surface area contributed by atoms with E-state index in [0.717, 1.165) is 28.0 Å². The predicted molar refractivity (Wildman–Crippen MR) is 98.2 cm³/mol. The van der Waals surface area contributed by atoms with E-state index in [1.807, 2.05) is 48.5 Å². The third-order valence-corrected chi connectivity index (χ3v) is 4.15. The average molecular weight is 311 g/mol. The van der Waals surface area contributed by atoms with E-state index in [1.165, 1.54) is 5.69 Å². The number of fused-ring (bicyclic) bond motifs is 1. The predicted octanol–water partition coefficient (Wildman–Crippen LogP) is 6.33. The van der Waals surface area contributed by atoms with Gasteiger partial charge in [0.05, 0.1) is 11.2 Å². The maximum Gasteiger partial charge on any atom is 0.119 e. The topological polar surface area (TPSA) is 29.1 Å². The van der Waals surface area contributed by atoms with Crippen LogP contribution in [0.1, 0.15) is 5.69 Å². The first-order valence-corrected chi connectivity index (χ1v) is 7.96. The van der Waals surface area contributed by atoms with Crippen molar-refractivity contribution in [3.63, 3.8) is 0 Å². The highest BCUT2D eigenvalue weighted by atomic mass is 15.1. The molecule has 2 aromatic carbocycles. The SMILES string of the molecule is Cc1c(-c2ccccc2)c(N=Nc2ccccc2)c2ccccn12. The Morgan fingerprint density at radius 2 is 1.38 bits per heavy atom. The van der Waals surface area contributed by atoms with E-state index in [9.17, 15) is 0 Å². The summed E-state index contributed by atoms with van der Waals surface area (Å²) in [5, 5.41) is 9.04. The van der Waals surface area contributed by atoms with Gasteiger partial charge in [-0.2, -0.15) is 5.11 Å². The Balaban J connectivity index is 1.94. The summed E-state index contributed by atoms with van der Waals surface area (Å²) in [6, 6.07) is 26.3. The first kappa shape index (κ1) is 14.4. The van der Waals surface area contributed by atoms with Gasteiger partial charge >= 0.3 is 0 Å². The number of hydrogen-bond donors (Lipinski definition) is 0. The first-order valence-electron chi connectivity index (χ1n) is 7.96. The Morgan fingerprint density at radius 1 is 0.708 bits per heavy atom. The second-order valence-electron chi connectivity index (χ2n) is 5.67. The highest BCUT2D eigenvalue weighted by molar-refractivity contribution is 5.90. The number of rotatable bonds is 3. The molecule has 0 saturated heterocycles. The quantitative estimate of drug-likeness (QED) is 0.396. The lowest BCUT2D eigenvalue weighted by Gasteiger charge is -2.02. The van der Waals surface area contributed by atoms with Crippen molar-refractivity contribution in [2.75, 3.05) is 0 Å². The highest BCUT2D eigenvalue weighted by Gasteiger charge is 2.16. The van der Waals surface area contributed by atoms with Crippen LogP contribution in [-0.4, -0.2) is 4.40 Å². The fourth-order valence-corrected chi connectivity index (χ4v) is 3.00. The molecular weight excluding hydrogens is 294 g/mol. The lowest BCUT2D eigenvalue weighted by atomic mass is 10.1. The van der Waals surface area contributed by atoms with Gasteiger partial charge in [0.2, 0.25) is 0 Å². The summed E-state index contributed by atoms with van der Waals surface area (Å²) in [5.41, 5.74) is 6.27. The highest BCUT2D eigenvalue weighted by Crippen LogP contribution is 2.39. The Labute approximate surface area is 140 Å². The molecule has 0 N–H and O–H groups in total. The molecule has 0 amide bonds. The van der Waals surface area contributed by atoms with Crippen molar-refractivity contribution >= 4 is 16.9 Å². The van der Waals surface area contributed by atoms with E-state index in [2.05, 4.69) is 58.1 Å². The normalized spacial score (nSPS) is 11.4. The van der Waals surface area contributed by atoms with Gasteiger partial charge in [0.1, 0.15) is 5.69 Å². The summed E-state index contributed by atoms with van der Waals surface area (Å²) in [4.78, 5) is 0. The van der Waals surface area contributed by atoms with Crippen LogP contribution in [0.15, 0.2) is 95.3 Å². The zero-order valence-corrected chi connectivity index (χ0v) is 13.4. The monoisotopic (exact) mass is 311 g/mol. The van der Waals surface area contributed by atoms with E-state index in [4.69, 9.17) is 0 Å². The van der Waals surface area contributed by atoms with Gasteiger partial charge in [0, 0.05) is 17.5 Å². The smallest absolute Gasteiger partial charge is 0.119 e. The molecule has 0 atom stereocenters. The van der Waals surface area contributed by atoms with E-state index >= 15 is 0 Å². The van der Waals surface area contributed by atoms with Gasteiger partial charge in [0.15, 0.2) is 0 Å². The molecule has 0 spiro atoms. The minimum absolute atomic E-state index is 0.851. The molecule has 0 radical (unpaired) electrons. The molecule has 3 heteroatoms. The number of aryl methyl sites for hydroxylation is 1. The molecule has 0 saturated carbocycles. The zero-order chi connectivity index (χ0) is 16.4. The average Bonchev–Trinajstić information content (AvgIpc) is 2.94. The molecule has 2 aromatic heterocycles. The maximum absolute atomic E-state index is 4.61. The molecule has 2 heterocycles. The van der Waals surface area contributed by atoms with Crippen molar-refractivity contribution in [1.82, 2.24) is 4.40 Å². The minimum Gasteiger partial charge on any atom is -0.318 e. The maximum atomic E-state index is 4.61. The summed E-state index contributed by atoms with van der Waals surface area (Å²) in [7, 11) is 0. The Hall–Kier alpha value is -3.20. The number of benzene rings is 2. The summed E-state index contributed by atoms with van der Waals surface area (Å²) >= 11 is 0. The molecule has 0 aliphatic heterocycles. The van der Waals surface area contributed by atoms with Crippen LogP contribution in [0.4, 0.5) is 11.4 Å². The molecule has 0 fully saturated rings. The van der Waals surface area contributed by atoms with Crippen LogP contribution in [0.2, 0.25) is 0 Å². The molecule has 0 aliphatic rings. The van der Waals surface area contributed by atoms with Crippen molar-refractivity contribution in [3.05, 3.63) is 90.8 Å². The summed E-state index contributed by atoms with van der Waals surface area (Å²) in [6.45, 7) is 2.12. The van der Waals surface area contributed by atoms with Gasteiger partial charge in [-0.15, -0.1) is 5.11 Å². The standard InChI is InChI=1S/C21H17N3/c1-16-20(17-10-4-2-5-11-17)21(19-14-8-9-15-24(16)19)23-22-18-12-6-3-7-13-18/h2-15H,1H3. The lowest BCUT2D eigenvalue weighted by molar-refractivity contribution is 1.11. The molecule has 4 aromatic rings. The van der Waals surface area contributed by atoms with Crippen LogP contribution in [-0.2, 0) is 0 Å². The third kappa shape index (κ3) is 2.50. The van der Waals surface area contributed by atoms with Crippen LogP contribution < -0.4 is 0 Å². The van der Waals surface area contributed by atoms with Crippen molar-refractivity contribution < 1.29 is 0 Å². The van der Waals surface area contributed by atoms with Crippen LogP contribution in [0.3, 0.4) is 0 Å². The fourth-order valence-electron chi connectivity index (χ4n) is 3.00. The molecule has 0 aliphatic carbocycles. The van der Waals surface area contributed by atoms with Crippen molar-refractivity contribution in [3.8, 4) is 11.1 Å². The number of azo groups is 1. The minimum atomic E-state index is 0.851. The fraction of sp³-hybridized carbons (Fsp3) is 0.0476. The number of aromatic nitrogens is 1. The lowest BCUT2D eigenvalue weighted by Crippen LogP contribution is -1.85. The van der Waals surface area contributed by atoms with E-state index in [1.54, 1.807) is 0 Å². The first-order chi connectivity index (χ1) is 11.8. The van der Waals surface area contributed by atoms with Crippen LogP contribution in [0.25, 0.3) is 16.6 Å². The molecular formula is C21H17N3. The van der Waals surface area contributed by atoms with Crippen LogP contribution in [0.5, 0.6) is 0 Å². The van der Waals surface area contributed by atoms with E-state index < -0.39 is 0 Å². The van der Waals surface area contributed by atoms with Crippen molar-refractivity contribution in [2.24, 2.45) is 10.2 Å². The number of pyridine rings is 1. The number of hydrogen-bond acceptors (Lipinski definition) is 2. The molecule has 0 bridgehead atoms. The van der Waals surface area contributed by atoms with Crippen molar-refractivity contribution in [1.29, 1.82) is 0 Å². The van der Waals surface area contributed by atoms with Gasteiger partial charge < -0.3 is 4.40 Å². The van der Waals surface area contributed by atoms with Crippen molar-refractivity contribution in [2.45, 2.75) is 6.92 Å². The van der Waals surface area contributed by atoms with Gasteiger partial charge in [-0.25, -0.2) is 0 Å². The van der Waals surface area contributed by atoms with Crippen LogP contribution in [0, 0.1) is 6.92 Å². The Bertz CT molecular complexity index is 999. The van der Waals surface area contributed by atoms with Gasteiger partial charge in [-0.1, -0.05) is 54.6 Å². The molecule has 0 unspecified atom stereocenters. The summed E-state index contributed by atoms with van der Waals surface area (Å²) in [5.74, 6) is 0. The van der Waals surface area contributed by atoms with Gasteiger partial charge in [-0.05, 0) is 36.8 Å². The third-order valence-electron chi connectivity index (χ3n) is 4.15. The van der Waals surface area contributed by atoms with Crippen LogP contribution >= 0.6 is 0 Å². The summed E-state index contributed by atoms with van der Waals surface area (Å²) in [6.07, 6.45) is 2.07. The van der Waals surface area contributed by atoms with Gasteiger partial charge in [0.25, 0.3) is 0 Å².